The molecule has 0 radical (unpaired) electrons. The van der Waals surface area contributed by atoms with Gasteiger partial charge >= 0.3 is 0 Å². The summed E-state index contributed by atoms with van der Waals surface area (Å²) in [6, 6.07) is 12.9. The van der Waals surface area contributed by atoms with Gasteiger partial charge in [-0.05, 0) is 24.1 Å². The zero-order valence-electron chi connectivity index (χ0n) is 13.5. The van der Waals surface area contributed by atoms with E-state index in [1.165, 1.54) is 12.3 Å². The van der Waals surface area contributed by atoms with E-state index in [0.717, 1.165) is 24.1 Å². The van der Waals surface area contributed by atoms with Gasteiger partial charge < -0.3 is 9.73 Å². The molecule has 0 bridgehead atoms. The zero-order chi connectivity index (χ0) is 17.2. The molecule has 0 fully saturated rings. The number of allylic oxidation sites excluding steroid dienone is 1. The molecule has 2 aromatic rings. The van der Waals surface area contributed by atoms with Crippen molar-refractivity contribution in [1.82, 2.24) is 16.2 Å². The zero-order valence-corrected chi connectivity index (χ0v) is 13.5. The third-order valence-corrected chi connectivity index (χ3v) is 3.21. The fourth-order valence-corrected chi connectivity index (χ4v) is 1.98. The molecule has 0 atom stereocenters. The Kier molecular flexibility index (Phi) is 6.64. The number of amides is 2. The maximum absolute atomic E-state index is 11.9. The molecule has 0 aliphatic heterocycles. The topological polar surface area (TPSA) is 83.4 Å². The molecule has 0 spiro atoms. The first-order chi connectivity index (χ1) is 11.7. The molecular weight excluding hydrogens is 306 g/mol. The average Bonchev–Trinajstić information content (AvgIpc) is 3.15. The Bertz CT molecular complexity index is 679. The van der Waals surface area contributed by atoms with Crippen LogP contribution in [0.4, 0.5) is 0 Å². The lowest BCUT2D eigenvalue weighted by Crippen LogP contribution is -2.43. The summed E-state index contributed by atoms with van der Waals surface area (Å²) in [5.74, 6) is -0.614. The summed E-state index contributed by atoms with van der Waals surface area (Å²) < 4.78 is 4.96. The summed E-state index contributed by atoms with van der Waals surface area (Å²) in [7, 11) is 0. The second-order valence-corrected chi connectivity index (χ2v) is 5.11. The van der Waals surface area contributed by atoms with E-state index in [4.69, 9.17) is 4.42 Å². The van der Waals surface area contributed by atoms with E-state index in [0.29, 0.717) is 0 Å². The molecule has 0 unspecified atom stereocenters. The number of hydrazine groups is 1. The summed E-state index contributed by atoms with van der Waals surface area (Å²) in [5, 5.41) is 2.49. The highest BCUT2D eigenvalue weighted by molar-refractivity contribution is 5.94. The number of benzene rings is 1. The van der Waals surface area contributed by atoms with E-state index in [1.807, 2.05) is 36.4 Å². The number of hydrogen-bond donors (Lipinski definition) is 3. The van der Waals surface area contributed by atoms with Crippen LogP contribution in [0, 0.1) is 0 Å². The van der Waals surface area contributed by atoms with Crippen LogP contribution < -0.4 is 16.2 Å². The maximum atomic E-state index is 11.9. The molecule has 2 amide bonds. The van der Waals surface area contributed by atoms with E-state index in [2.05, 4.69) is 23.1 Å². The van der Waals surface area contributed by atoms with Gasteiger partial charge in [-0.15, -0.1) is 0 Å². The van der Waals surface area contributed by atoms with E-state index in [-0.39, 0.29) is 18.2 Å². The van der Waals surface area contributed by atoms with Crippen molar-refractivity contribution in [2.24, 2.45) is 0 Å². The molecule has 6 heteroatoms. The molecular formula is C18H21N3O3. The van der Waals surface area contributed by atoms with Gasteiger partial charge in [0.05, 0.1) is 18.5 Å². The van der Waals surface area contributed by atoms with Gasteiger partial charge in [0.25, 0.3) is 11.8 Å². The van der Waals surface area contributed by atoms with Crippen molar-refractivity contribution in [3.63, 3.8) is 0 Å². The maximum Gasteiger partial charge on any atom is 0.287 e. The van der Waals surface area contributed by atoms with Gasteiger partial charge in [0.2, 0.25) is 0 Å². The normalized spacial score (nSPS) is 11.0. The number of carbonyl (C=O) groups excluding carboxylic acids is 2. The third kappa shape index (κ3) is 5.31. The van der Waals surface area contributed by atoms with Crippen molar-refractivity contribution in [3.05, 3.63) is 66.1 Å². The molecule has 0 aliphatic carbocycles. The lowest BCUT2D eigenvalue weighted by molar-refractivity contribution is -0.120. The molecule has 0 saturated heterocycles. The van der Waals surface area contributed by atoms with Gasteiger partial charge in [0.15, 0.2) is 5.76 Å². The van der Waals surface area contributed by atoms with Crippen LogP contribution >= 0.6 is 0 Å². The Balaban J connectivity index is 1.85. The Labute approximate surface area is 140 Å². The summed E-state index contributed by atoms with van der Waals surface area (Å²) in [4.78, 5) is 23.6. The van der Waals surface area contributed by atoms with Crippen molar-refractivity contribution < 1.29 is 14.0 Å². The van der Waals surface area contributed by atoms with Gasteiger partial charge in [0.1, 0.15) is 0 Å². The van der Waals surface area contributed by atoms with Crippen molar-refractivity contribution >= 4 is 17.5 Å². The van der Waals surface area contributed by atoms with Gasteiger partial charge in [-0.2, -0.15) is 0 Å². The highest BCUT2D eigenvalue weighted by Gasteiger charge is 2.10. The second-order valence-electron chi connectivity index (χ2n) is 5.11. The number of unbranched alkanes of at least 4 members (excludes halogenated alkanes) is 1. The number of rotatable bonds is 8. The summed E-state index contributed by atoms with van der Waals surface area (Å²) in [6.45, 7) is 1.93. The molecule has 2 rings (SSSR count). The fourth-order valence-electron chi connectivity index (χ4n) is 1.98. The Morgan fingerprint density at radius 1 is 1.08 bits per heavy atom. The van der Waals surface area contributed by atoms with Crippen LogP contribution in [-0.4, -0.2) is 18.4 Å². The largest absolute Gasteiger partial charge is 0.459 e. The minimum atomic E-state index is -0.431. The van der Waals surface area contributed by atoms with Crippen molar-refractivity contribution in [3.8, 4) is 0 Å². The van der Waals surface area contributed by atoms with E-state index in [9.17, 15) is 9.59 Å². The van der Waals surface area contributed by atoms with E-state index >= 15 is 0 Å². The van der Waals surface area contributed by atoms with Crippen LogP contribution in [0.3, 0.4) is 0 Å². The Morgan fingerprint density at radius 2 is 1.88 bits per heavy atom. The summed E-state index contributed by atoms with van der Waals surface area (Å²) in [5.41, 5.74) is 7.30. The van der Waals surface area contributed by atoms with Crippen molar-refractivity contribution in [2.45, 2.75) is 19.8 Å². The predicted molar refractivity (Wildman–Crippen MR) is 91.6 cm³/mol. The molecule has 1 aromatic carbocycles. The van der Waals surface area contributed by atoms with Gasteiger partial charge in [-0.1, -0.05) is 49.8 Å². The smallest absolute Gasteiger partial charge is 0.287 e. The van der Waals surface area contributed by atoms with E-state index in [1.54, 1.807) is 6.07 Å². The van der Waals surface area contributed by atoms with E-state index < -0.39 is 5.91 Å². The minimum absolute atomic E-state index is 0.150. The van der Waals surface area contributed by atoms with Crippen LogP contribution in [0.25, 0.3) is 5.70 Å². The number of hydrogen-bond acceptors (Lipinski definition) is 4. The minimum Gasteiger partial charge on any atom is -0.459 e. The Hall–Kier alpha value is -3.02. The van der Waals surface area contributed by atoms with Crippen LogP contribution in [0.15, 0.2) is 59.2 Å². The summed E-state index contributed by atoms with van der Waals surface area (Å²) in [6.07, 6.45) is 5.33. The lowest BCUT2D eigenvalue weighted by atomic mass is 10.1. The van der Waals surface area contributed by atoms with Crippen molar-refractivity contribution in [2.75, 3.05) is 6.54 Å². The first-order valence-electron chi connectivity index (χ1n) is 7.83. The quantitative estimate of drug-likeness (QED) is 0.650. The predicted octanol–water partition coefficient (Wildman–Crippen LogP) is 2.47. The fraction of sp³-hybridized carbons (Fsp3) is 0.222. The molecule has 3 N–H and O–H groups in total. The first-order valence-corrected chi connectivity index (χ1v) is 7.83. The van der Waals surface area contributed by atoms with Gasteiger partial charge in [-0.25, -0.2) is 0 Å². The third-order valence-electron chi connectivity index (χ3n) is 3.21. The van der Waals surface area contributed by atoms with Crippen LogP contribution in [0.2, 0.25) is 0 Å². The molecule has 6 nitrogen and oxygen atoms in total. The molecule has 0 saturated carbocycles. The average molecular weight is 327 g/mol. The second kappa shape index (κ2) is 9.19. The Morgan fingerprint density at radius 3 is 2.54 bits per heavy atom. The molecule has 24 heavy (non-hydrogen) atoms. The SMILES string of the molecule is CCCC=C(NNC(=O)CNC(=O)c1ccco1)c1ccccc1. The molecule has 1 heterocycles. The summed E-state index contributed by atoms with van der Waals surface area (Å²) >= 11 is 0. The van der Waals surface area contributed by atoms with Crippen molar-refractivity contribution in [1.29, 1.82) is 0 Å². The van der Waals surface area contributed by atoms with Crippen LogP contribution in [0.1, 0.15) is 35.9 Å². The van der Waals surface area contributed by atoms with Crippen LogP contribution in [0.5, 0.6) is 0 Å². The highest BCUT2D eigenvalue weighted by atomic mass is 16.3. The number of nitrogens with one attached hydrogen (secondary N) is 3. The number of carbonyl (C=O) groups is 2. The molecule has 1 aromatic heterocycles. The monoisotopic (exact) mass is 327 g/mol. The number of furan rings is 1. The molecule has 126 valence electrons. The highest BCUT2D eigenvalue weighted by Crippen LogP contribution is 2.11. The van der Waals surface area contributed by atoms with Gasteiger partial charge in [-0.3, -0.25) is 20.4 Å². The van der Waals surface area contributed by atoms with Gasteiger partial charge in [0, 0.05) is 0 Å². The molecule has 0 aliphatic rings. The van der Waals surface area contributed by atoms with Crippen LogP contribution in [-0.2, 0) is 4.79 Å². The standard InChI is InChI=1S/C18H21N3O3/c1-2-3-10-15(14-8-5-4-6-9-14)20-21-17(22)13-19-18(23)16-11-7-12-24-16/h4-12,20H,2-3,13H2,1H3,(H,19,23)(H,21,22). The lowest BCUT2D eigenvalue weighted by Gasteiger charge is -2.13. The first kappa shape index (κ1) is 17.3.